The molecule has 0 aromatic heterocycles. The van der Waals surface area contributed by atoms with Crippen molar-refractivity contribution in [3.8, 4) is 0 Å². The fourth-order valence-electron chi connectivity index (χ4n) is 3.44. The smallest absolute Gasteiger partial charge is 0.233 e. The van der Waals surface area contributed by atoms with E-state index in [1.54, 1.807) is 0 Å². The minimum absolute atomic E-state index is 0.0901. The molecule has 0 saturated carbocycles. The van der Waals surface area contributed by atoms with Gasteiger partial charge < -0.3 is 15.0 Å². The fraction of sp³-hybridized carbons (Fsp3) is 0.368. The Bertz CT molecular complexity index is 836. The molecule has 2 atom stereocenters. The summed E-state index contributed by atoms with van der Waals surface area (Å²) in [4.78, 5) is 19.1. The molecule has 2 aliphatic heterocycles. The summed E-state index contributed by atoms with van der Waals surface area (Å²) in [6, 6.07) is 12.3. The first-order valence-electron chi connectivity index (χ1n) is 8.53. The molecule has 1 saturated heterocycles. The topological polar surface area (TPSA) is 53.9 Å². The number of thioether (sulfide) groups is 1. The maximum Gasteiger partial charge on any atom is 0.233 e. The number of amidine groups is 1. The highest BCUT2D eigenvalue weighted by atomic mass is 32.2. The third kappa shape index (κ3) is 3.37. The number of rotatable bonds is 2. The van der Waals surface area contributed by atoms with E-state index in [0.29, 0.717) is 18.8 Å². The lowest BCUT2D eigenvalue weighted by Crippen LogP contribution is -2.48. The van der Waals surface area contributed by atoms with E-state index in [0.717, 1.165) is 21.9 Å². The first-order chi connectivity index (χ1) is 12.1. The van der Waals surface area contributed by atoms with Gasteiger partial charge in [0.15, 0.2) is 5.17 Å². The van der Waals surface area contributed by atoms with Gasteiger partial charge in [-0.05, 0) is 31.4 Å². The summed E-state index contributed by atoms with van der Waals surface area (Å²) in [6.45, 7) is 5.33. The van der Waals surface area contributed by atoms with Crippen LogP contribution in [0.4, 0.5) is 11.4 Å². The number of carbonyl (C=O) groups excluding carboxylic acids is 1. The average Bonchev–Trinajstić information content (AvgIpc) is 2.59. The molecular weight excluding hydrogens is 334 g/mol. The van der Waals surface area contributed by atoms with Crippen LogP contribution in [0.1, 0.15) is 13.8 Å². The van der Waals surface area contributed by atoms with Crippen molar-refractivity contribution >= 4 is 45.0 Å². The molecule has 1 amide bonds. The van der Waals surface area contributed by atoms with Crippen LogP contribution in [0.3, 0.4) is 0 Å². The number of carbonyl (C=O) groups is 1. The van der Waals surface area contributed by atoms with Crippen LogP contribution in [-0.2, 0) is 9.53 Å². The van der Waals surface area contributed by atoms with Gasteiger partial charge in [0.05, 0.1) is 29.3 Å². The Balaban J connectivity index is 1.46. The molecule has 6 heteroatoms. The van der Waals surface area contributed by atoms with Gasteiger partial charge in [-0.2, -0.15) is 0 Å². The highest BCUT2D eigenvalue weighted by Crippen LogP contribution is 2.36. The molecule has 2 heterocycles. The van der Waals surface area contributed by atoms with Gasteiger partial charge in [0, 0.05) is 18.5 Å². The lowest BCUT2D eigenvalue weighted by atomic mass is 10.1. The molecule has 0 bridgehead atoms. The van der Waals surface area contributed by atoms with E-state index in [1.807, 2.05) is 43.0 Å². The molecule has 2 aromatic rings. The van der Waals surface area contributed by atoms with Crippen LogP contribution in [0.15, 0.2) is 41.4 Å². The summed E-state index contributed by atoms with van der Waals surface area (Å²) in [6.07, 6.45) is 0.180. The van der Waals surface area contributed by atoms with E-state index in [4.69, 9.17) is 4.74 Å². The van der Waals surface area contributed by atoms with Crippen molar-refractivity contribution in [3.05, 3.63) is 36.4 Å². The minimum Gasteiger partial charge on any atom is -0.372 e. The van der Waals surface area contributed by atoms with Crippen molar-refractivity contribution in [1.82, 2.24) is 4.90 Å². The normalized spacial score (nSPS) is 22.5. The van der Waals surface area contributed by atoms with Crippen LogP contribution < -0.4 is 5.32 Å². The minimum atomic E-state index is 0.0901. The van der Waals surface area contributed by atoms with Crippen LogP contribution in [0, 0.1) is 0 Å². The van der Waals surface area contributed by atoms with Gasteiger partial charge >= 0.3 is 0 Å². The highest BCUT2D eigenvalue weighted by molar-refractivity contribution is 8.14. The third-order valence-electron chi connectivity index (χ3n) is 4.45. The highest BCUT2D eigenvalue weighted by Gasteiger charge is 2.26. The van der Waals surface area contributed by atoms with E-state index in [-0.39, 0.29) is 18.1 Å². The molecule has 0 aliphatic carbocycles. The number of ether oxygens (including phenoxy) is 1. The number of benzene rings is 2. The molecule has 5 nitrogen and oxygen atoms in total. The Kier molecular flexibility index (Phi) is 4.39. The van der Waals surface area contributed by atoms with Gasteiger partial charge in [-0.1, -0.05) is 36.0 Å². The first kappa shape index (κ1) is 16.4. The number of amides is 1. The zero-order valence-electron chi connectivity index (χ0n) is 14.4. The van der Waals surface area contributed by atoms with Gasteiger partial charge in [-0.15, -0.1) is 0 Å². The quantitative estimate of drug-likeness (QED) is 0.894. The lowest BCUT2D eigenvalue weighted by molar-refractivity contribution is -0.140. The standard InChI is InChI=1S/C19H21N3O2S/c1-12-9-22(10-13(2)24-12)17(23)11-25-19-20-15-7-3-5-14-6-4-8-16(21-19)18(14)15/h3-8,12-13H,9-11H2,1-2H3,(H,20,21)/t12-,13+. The molecule has 25 heavy (non-hydrogen) atoms. The van der Waals surface area contributed by atoms with Crippen LogP contribution in [-0.4, -0.2) is 47.0 Å². The SMILES string of the molecule is C[C@@H]1CN(C(=O)CSC2=Nc3cccc4cccc(c34)N2)C[C@H](C)O1. The number of nitrogens with one attached hydrogen (secondary N) is 1. The molecule has 2 aliphatic rings. The second-order valence-electron chi connectivity index (χ2n) is 6.57. The maximum absolute atomic E-state index is 12.5. The number of hydrogen-bond donors (Lipinski definition) is 1. The van der Waals surface area contributed by atoms with Crippen molar-refractivity contribution in [2.45, 2.75) is 26.1 Å². The molecule has 0 radical (unpaired) electrons. The van der Waals surface area contributed by atoms with Crippen molar-refractivity contribution in [2.75, 3.05) is 24.2 Å². The summed E-state index contributed by atoms with van der Waals surface area (Å²) in [5, 5.41) is 6.43. The predicted octanol–water partition coefficient (Wildman–Crippen LogP) is 3.62. The van der Waals surface area contributed by atoms with Gasteiger partial charge in [0.1, 0.15) is 0 Å². The van der Waals surface area contributed by atoms with Crippen molar-refractivity contribution < 1.29 is 9.53 Å². The zero-order chi connectivity index (χ0) is 17.4. The van der Waals surface area contributed by atoms with E-state index in [1.165, 1.54) is 17.1 Å². The largest absolute Gasteiger partial charge is 0.372 e. The number of hydrogen-bond acceptors (Lipinski definition) is 5. The first-order valence-corrected chi connectivity index (χ1v) is 9.52. The second-order valence-corrected chi connectivity index (χ2v) is 7.53. The molecule has 2 aromatic carbocycles. The lowest BCUT2D eigenvalue weighted by Gasteiger charge is -2.35. The number of morpholine rings is 1. The molecular formula is C19H21N3O2S. The van der Waals surface area contributed by atoms with E-state index in [9.17, 15) is 4.79 Å². The van der Waals surface area contributed by atoms with Crippen molar-refractivity contribution in [2.24, 2.45) is 4.99 Å². The molecule has 1 fully saturated rings. The van der Waals surface area contributed by atoms with Crippen LogP contribution in [0.2, 0.25) is 0 Å². The Morgan fingerprint density at radius 2 is 1.96 bits per heavy atom. The fourth-order valence-corrected chi connectivity index (χ4v) is 4.23. The van der Waals surface area contributed by atoms with Gasteiger partial charge in [-0.25, -0.2) is 4.99 Å². The summed E-state index contributed by atoms with van der Waals surface area (Å²) in [5.41, 5.74) is 2.00. The van der Waals surface area contributed by atoms with Gasteiger partial charge in [0.25, 0.3) is 0 Å². The molecule has 0 unspecified atom stereocenters. The summed E-state index contributed by atoms with van der Waals surface area (Å²) in [5.74, 6) is 0.511. The van der Waals surface area contributed by atoms with E-state index in [2.05, 4.69) is 22.4 Å². The zero-order valence-corrected chi connectivity index (χ0v) is 15.2. The molecule has 4 rings (SSSR count). The maximum atomic E-state index is 12.5. The number of nitrogens with zero attached hydrogens (tertiary/aromatic N) is 2. The molecule has 130 valence electrons. The Labute approximate surface area is 151 Å². The number of anilines is 1. The average molecular weight is 355 g/mol. The van der Waals surface area contributed by atoms with Crippen molar-refractivity contribution in [1.29, 1.82) is 0 Å². The molecule has 0 spiro atoms. The van der Waals surface area contributed by atoms with Crippen LogP contribution in [0.5, 0.6) is 0 Å². The van der Waals surface area contributed by atoms with Crippen molar-refractivity contribution in [3.63, 3.8) is 0 Å². The second kappa shape index (κ2) is 6.69. The Morgan fingerprint density at radius 1 is 1.24 bits per heavy atom. The summed E-state index contributed by atoms with van der Waals surface area (Å²) < 4.78 is 5.70. The monoisotopic (exact) mass is 355 g/mol. The predicted molar refractivity (Wildman–Crippen MR) is 104 cm³/mol. The third-order valence-corrected chi connectivity index (χ3v) is 5.31. The number of aliphatic imine (C=N–C) groups is 1. The van der Waals surface area contributed by atoms with E-state index < -0.39 is 0 Å². The van der Waals surface area contributed by atoms with Crippen LogP contribution in [0.25, 0.3) is 10.8 Å². The van der Waals surface area contributed by atoms with E-state index >= 15 is 0 Å². The summed E-state index contributed by atoms with van der Waals surface area (Å²) in [7, 11) is 0. The Hall–Kier alpha value is -2.05. The summed E-state index contributed by atoms with van der Waals surface area (Å²) >= 11 is 1.46. The molecule has 1 N–H and O–H groups in total. The van der Waals surface area contributed by atoms with Crippen LogP contribution >= 0.6 is 11.8 Å². The van der Waals surface area contributed by atoms with Gasteiger partial charge in [0.2, 0.25) is 5.91 Å². The Morgan fingerprint density at radius 3 is 2.72 bits per heavy atom. The van der Waals surface area contributed by atoms with Gasteiger partial charge in [-0.3, -0.25) is 4.79 Å².